The molecule has 1 aromatic carbocycles. The number of hydrogen-bond acceptors (Lipinski definition) is 5. The average Bonchev–Trinajstić information content (AvgIpc) is 2.37. The molecule has 0 aliphatic heterocycles. The monoisotopic (exact) mass is 227 g/mol. The van der Waals surface area contributed by atoms with Crippen molar-refractivity contribution in [3.8, 4) is 11.4 Å². The lowest BCUT2D eigenvalue weighted by Gasteiger charge is -2.05. The Morgan fingerprint density at radius 1 is 1.18 bits per heavy atom. The molecule has 0 amide bonds. The Balaban J connectivity index is 2.35. The van der Waals surface area contributed by atoms with Gasteiger partial charge in [-0.15, -0.1) is 6.58 Å². The quantitative estimate of drug-likeness (QED) is 0.778. The SMILES string of the molecule is C=CCNc1nc(N)nc(-c2ccccc2)n1. The molecule has 2 rings (SSSR count). The number of nitrogens with two attached hydrogens (primary N) is 1. The van der Waals surface area contributed by atoms with Gasteiger partial charge in [-0.05, 0) is 0 Å². The smallest absolute Gasteiger partial charge is 0.228 e. The lowest BCUT2D eigenvalue weighted by molar-refractivity contribution is 1.05. The van der Waals surface area contributed by atoms with Crippen molar-refractivity contribution >= 4 is 11.9 Å². The van der Waals surface area contributed by atoms with Crippen molar-refractivity contribution in [1.82, 2.24) is 15.0 Å². The molecule has 1 heterocycles. The Bertz CT molecular complexity index is 510. The third kappa shape index (κ3) is 2.78. The van der Waals surface area contributed by atoms with Crippen LogP contribution in [0.4, 0.5) is 11.9 Å². The van der Waals surface area contributed by atoms with Crippen molar-refractivity contribution in [2.75, 3.05) is 17.6 Å². The lowest BCUT2D eigenvalue weighted by Crippen LogP contribution is -2.07. The van der Waals surface area contributed by atoms with Crippen LogP contribution in [0.3, 0.4) is 0 Å². The number of nitrogen functional groups attached to an aromatic ring is 1. The summed E-state index contributed by atoms with van der Waals surface area (Å²) < 4.78 is 0. The Hall–Kier alpha value is -2.43. The maximum absolute atomic E-state index is 5.64. The van der Waals surface area contributed by atoms with Gasteiger partial charge >= 0.3 is 0 Å². The minimum absolute atomic E-state index is 0.199. The predicted molar refractivity (Wildman–Crippen MR) is 68.4 cm³/mol. The van der Waals surface area contributed by atoms with E-state index in [0.717, 1.165) is 5.56 Å². The Morgan fingerprint density at radius 3 is 2.65 bits per heavy atom. The molecule has 17 heavy (non-hydrogen) atoms. The summed E-state index contributed by atoms with van der Waals surface area (Å²) in [7, 11) is 0. The molecule has 0 saturated heterocycles. The van der Waals surface area contributed by atoms with E-state index in [-0.39, 0.29) is 5.95 Å². The minimum atomic E-state index is 0.199. The fourth-order valence-electron chi connectivity index (χ4n) is 1.35. The number of aromatic nitrogens is 3. The number of benzene rings is 1. The Labute approximate surface area is 99.4 Å². The van der Waals surface area contributed by atoms with Crippen molar-refractivity contribution in [1.29, 1.82) is 0 Å². The van der Waals surface area contributed by atoms with Gasteiger partial charge in [0.2, 0.25) is 11.9 Å². The summed E-state index contributed by atoms with van der Waals surface area (Å²) in [6.07, 6.45) is 1.72. The van der Waals surface area contributed by atoms with Crippen molar-refractivity contribution < 1.29 is 0 Å². The topological polar surface area (TPSA) is 76.7 Å². The molecule has 2 aromatic rings. The van der Waals surface area contributed by atoms with Gasteiger partial charge in [-0.1, -0.05) is 36.4 Å². The standard InChI is InChI=1S/C12H13N5/c1-2-8-14-12-16-10(15-11(13)17-12)9-6-4-3-5-7-9/h2-7H,1,8H2,(H3,13,14,15,16,17). The fraction of sp³-hybridized carbons (Fsp3) is 0.0833. The third-order valence-corrected chi connectivity index (χ3v) is 2.09. The van der Waals surface area contributed by atoms with Crippen molar-refractivity contribution in [3.05, 3.63) is 43.0 Å². The van der Waals surface area contributed by atoms with E-state index in [1.54, 1.807) is 6.08 Å². The summed E-state index contributed by atoms with van der Waals surface area (Å²) in [5, 5.41) is 2.99. The Morgan fingerprint density at radius 2 is 1.94 bits per heavy atom. The zero-order valence-corrected chi connectivity index (χ0v) is 9.30. The van der Waals surface area contributed by atoms with E-state index < -0.39 is 0 Å². The molecule has 0 bridgehead atoms. The van der Waals surface area contributed by atoms with Gasteiger partial charge in [0.25, 0.3) is 0 Å². The first kappa shape index (κ1) is 11.1. The molecule has 0 aliphatic rings. The van der Waals surface area contributed by atoms with Gasteiger partial charge in [0, 0.05) is 12.1 Å². The summed E-state index contributed by atoms with van der Waals surface area (Å²) in [6, 6.07) is 9.63. The molecule has 5 nitrogen and oxygen atoms in total. The summed E-state index contributed by atoms with van der Waals surface area (Å²) in [6.45, 7) is 4.19. The number of nitrogens with zero attached hydrogens (tertiary/aromatic N) is 3. The molecule has 0 unspecified atom stereocenters. The first-order valence-corrected chi connectivity index (χ1v) is 5.21. The van der Waals surface area contributed by atoms with Crippen molar-refractivity contribution in [2.24, 2.45) is 0 Å². The van der Waals surface area contributed by atoms with Crippen LogP contribution in [0.5, 0.6) is 0 Å². The van der Waals surface area contributed by atoms with Crippen LogP contribution in [0.15, 0.2) is 43.0 Å². The summed E-state index contributed by atoms with van der Waals surface area (Å²) in [5.41, 5.74) is 6.55. The maximum atomic E-state index is 5.64. The average molecular weight is 227 g/mol. The highest BCUT2D eigenvalue weighted by Gasteiger charge is 2.05. The molecular formula is C12H13N5. The third-order valence-electron chi connectivity index (χ3n) is 2.09. The molecule has 1 aromatic heterocycles. The van der Waals surface area contributed by atoms with Gasteiger partial charge in [0.1, 0.15) is 0 Å². The number of nitrogens with one attached hydrogen (secondary N) is 1. The fourth-order valence-corrected chi connectivity index (χ4v) is 1.35. The second-order valence-corrected chi connectivity index (χ2v) is 3.38. The van der Waals surface area contributed by atoms with Crippen LogP contribution < -0.4 is 11.1 Å². The van der Waals surface area contributed by atoms with Crippen LogP contribution in [0.25, 0.3) is 11.4 Å². The van der Waals surface area contributed by atoms with E-state index in [1.807, 2.05) is 30.3 Å². The van der Waals surface area contributed by atoms with E-state index in [0.29, 0.717) is 18.3 Å². The van der Waals surface area contributed by atoms with E-state index in [4.69, 9.17) is 5.73 Å². The zero-order chi connectivity index (χ0) is 12.1. The van der Waals surface area contributed by atoms with E-state index in [9.17, 15) is 0 Å². The molecule has 5 heteroatoms. The molecule has 0 aliphatic carbocycles. The normalized spacial score (nSPS) is 9.88. The van der Waals surface area contributed by atoms with Crippen LogP contribution in [-0.2, 0) is 0 Å². The molecule has 0 radical (unpaired) electrons. The summed E-state index contributed by atoms with van der Waals surface area (Å²) in [5.74, 6) is 1.21. The summed E-state index contributed by atoms with van der Waals surface area (Å²) in [4.78, 5) is 12.4. The van der Waals surface area contributed by atoms with Crippen LogP contribution in [-0.4, -0.2) is 21.5 Å². The highest BCUT2D eigenvalue weighted by atomic mass is 15.2. The number of anilines is 2. The van der Waals surface area contributed by atoms with Crippen LogP contribution in [0, 0.1) is 0 Å². The van der Waals surface area contributed by atoms with Gasteiger partial charge in [-0.3, -0.25) is 0 Å². The van der Waals surface area contributed by atoms with Gasteiger partial charge in [-0.25, -0.2) is 0 Å². The van der Waals surface area contributed by atoms with Gasteiger partial charge in [-0.2, -0.15) is 15.0 Å². The van der Waals surface area contributed by atoms with Crippen molar-refractivity contribution in [2.45, 2.75) is 0 Å². The number of hydrogen-bond donors (Lipinski definition) is 2. The zero-order valence-electron chi connectivity index (χ0n) is 9.30. The molecule has 0 atom stereocenters. The molecule has 0 saturated carbocycles. The molecular weight excluding hydrogens is 214 g/mol. The first-order chi connectivity index (χ1) is 8.29. The predicted octanol–water partition coefficient (Wildman–Crippen LogP) is 1.72. The van der Waals surface area contributed by atoms with Gasteiger partial charge in [0.05, 0.1) is 0 Å². The highest BCUT2D eigenvalue weighted by Crippen LogP contribution is 2.15. The van der Waals surface area contributed by atoms with E-state index >= 15 is 0 Å². The highest BCUT2D eigenvalue weighted by molar-refractivity contribution is 5.57. The molecule has 0 spiro atoms. The molecule has 86 valence electrons. The largest absolute Gasteiger partial charge is 0.368 e. The second kappa shape index (κ2) is 5.07. The van der Waals surface area contributed by atoms with E-state index in [1.165, 1.54) is 0 Å². The van der Waals surface area contributed by atoms with Crippen LogP contribution in [0.1, 0.15) is 0 Å². The maximum Gasteiger partial charge on any atom is 0.228 e. The second-order valence-electron chi connectivity index (χ2n) is 3.38. The Kier molecular flexibility index (Phi) is 3.30. The van der Waals surface area contributed by atoms with Gasteiger partial charge in [0.15, 0.2) is 5.82 Å². The minimum Gasteiger partial charge on any atom is -0.368 e. The van der Waals surface area contributed by atoms with Crippen LogP contribution >= 0.6 is 0 Å². The van der Waals surface area contributed by atoms with Crippen molar-refractivity contribution in [3.63, 3.8) is 0 Å². The summed E-state index contributed by atoms with van der Waals surface area (Å²) >= 11 is 0. The first-order valence-electron chi connectivity index (χ1n) is 5.21. The molecule has 0 fully saturated rings. The lowest BCUT2D eigenvalue weighted by atomic mass is 10.2. The van der Waals surface area contributed by atoms with Crippen LogP contribution in [0.2, 0.25) is 0 Å². The number of rotatable bonds is 4. The van der Waals surface area contributed by atoms with Gasteiger partial charge < -0.3 is 11.1 Å². The van der Waals surface area contributed by atoms with E-state index in [2.05, 4.69) is 26.8 Å². The molecule has 3 N–H and O–H groups in total.